The summed E-state index contributed by atoms with van der Waals surface area (Å²) in [5.74, 6) is 1.07. The highest BCUT2D eigenvalue weighted by atomic mass is 127. The van der Waals surface area contributed by atoms with Crippen LogP contribution in [-0.2, 0) is 6.42 Å². The van der Waals surface area contributed by atoms with Gasteiger partial charge in [-0.2, -0.15) is 0 Å². The van der Waals surface area contributed by atoms with Crippen molar-refractivity contribution >= 4 is 28.3 Å². The molecule has 2 N–H and O–H groups in total. The standard InChI is InChI=1S/C18H22INO4/c1-18-7-6-11-10(12(18)4-5-14(18)22)3-2-9-8-13(21)16(19)17(15(9)11)20(23)24/h8,10-12,14,21-22H,2-7H2,1H3/t10-,11+,12+,14+,18+/m1/s1. The van der Waals surface area contributed by atoms with Gasteiger partial charge >= 0.3 is 0 Å². The molecule has 0 radical (unpaired) electrons. The Morgan fingerprint density at radius 3 is 2.79 bits per heavy atom. The summed E-state index contributed by atoms with van der Waals surface area (Å²) < 4.78 is 0.358. The van der Waals surface area contributed by atoms with Crippen LogP contribution in [0.1, 0.15) is 56.1 Å². The molecule has 1 aromatic carbocycles. The average Bonchev–Trinajstić information content (AvgIpc) is 2.83. The number of phenolic OH excluding ortho intramolecular Hbond substituents is 1. The van der Waals surface area contributed by atoms with Crippen LogP contribution in [0.15, 0.2) is 6.07 Å². The van der Waals surface area contributed by atoms with Gasteiger partial charge in [0.1, 0.15) is 9.32 Å². The lowest BCUT2D eigenvalue weighted by Crippen LogP contribution is -2.44. The van der Waals surface area contributed by atoms with E-state index in [1.54, 1.807) is 6.07 Å². The first-order chi connectivity index (χ1) is 11.3. The number of nitro groups is 1. The van der Waals surface area contributed by atoms with Gasteiger partial charge in [0.25, 0.3) is 5.69 Å². The zero-order valence-corrected chi connectivity index (χ0v) is 15.8. The first-order valence-electron chi connectivity index (χ1n) is 8.71. The van der Waals surface area contributed by atoms with Crippen LogP contribution in [0, 0.1) is 30.9 Å². The van der Waals surface area contributed by atoms with Gasteiger partial charge in [0, 0.05) is 5.56 Å². The summed E-state index contributed by atoms with van der Waals surface area (Å²) >= 11 is 1.90. The van der Waals surface area contributed by atoms with Crippen molar-refractivity contribution in [3.8, 4) is 5.75 Å². The third-order valence-corrected chi connectivity index (χ3v) is 8.10. The van der Waals surface area contributed by atoms with Gasteiger partial charge in [0.05, 0.1) is 11.0 Å². The van der Waals surface area contributed by atoms with E-state index in [1.165, 1.54) is 0 Å². The second-order valence-corrected chi connectivity index (χ2v) is 9.02. The monoisotopic (exact) mass is 443 g/mol. The highest BCUT2D eigenvalue weighted by Crippen LogP contribution is 2.62. The first-order valence-corrected chi connectivity index (χ1v) is 9.79. The van der Waals surface area contributed by atoms with Gasteiger partial charge in [-0.15, -0.1) is 0 Å². The quantitative estimate of drug-likeness (QED) is 0.389. The van der Waals surface area contributed by atoms with E-state index in [4.69, 9.17) is 0 Å². The van der Waals surface area contributed by atoms with Gasteiger partial charge < -0.3 is 10.2 Å². The van der Waals surface area contributed by atoms with Crippen molar-refractivity contribution < 1.29 is 15.1 Å². The van der Waals surface area contributed by atoms with Crippen molar-refractivity contribution in [2.75, 3.05) is 0 Å². The van der Waals surface area contributed by atoms with E-state index in [0.717, 1.165) is 49.7 Å². The molecule has 0 aliphatic heterocycles. The van der Waals surface area contributed by atoms with Gasteiger partial charge in [-0.05, 0) is 95.9 Å². The number of aliphatic hydroxyl groups excluding tert-OH is 1. The Bertz CT molecular complexity index is 721. The number of rotatable bonds is 1. The average molecular weight is 443 g/mol. The molecular weight excluding hydrogens is 421 g/mol. The van der Waals surface area contributed by atoms with Crippen LogP contribution in [0.25, 0.3) is 0 Å². The maximum atomic E-state index is 11.7. The van der Waals surface area contributed by atoms with Crippen molar-refractivity contribution in [2.24, 2.45) is 17.3 Å². The third kappa shape index (κ3) is 2.14. The normalized spacial score (nSPS) is 37.5. The number of aliphatic hydroxyl groups is 1. The maximum Gasteiger partial charge on any atom is 0.290 e. The van der Waals surface area contributed by atoms with Gasteiger partial charge in [-0.25, -0.2) is 0 Å². The van der Waals surface area contributed by atoms with E-state index in [9.17, 15) is 20.3 Å². The lowest BCUT2D eigenvalue weighted by atomic mass is 9.55. The third-order valence-electron chi connectivity index (χ3n) is 7.03. The SMILES string of the molecule is C[C@]12CC[C@@H]3c4c(cc(O)c(I)c4[N+](=O)[O-])CC[C@H]3[C@@H]1CC[C@@H]2O. The Kier molecular flexibility index (Phi) is 3.84. The van der Waals surface area contributed by atoms with Crippen molar-refractivity contribution in [3.63, 3.8) is 0 Å². The van der Waals surface area contributed by atoms with E-state index < -0.39 is 0 Å². The largest absolute Gasteiger partial charge is 0.507 e. The molecule has 5 atom stereocenters. The summed E-state index contributed by atoms with van der Waals surface area (Å²) in [6.07, 6.45) is 5.24. The Labute approximate surface area is 154 Å². The van der Waals surface area contributed by atoms with Crippen LogP contribution < -0.4 is 0 Å². The summed E-state index contributed by atoms with van der Waals surface area (Å²) in [6.45, 7) is 2.20. The summed E-state index contributed by atoms with van der Waals surface area (Å²) in [5.41, 5.74) is 1.89. The molecule has 1 aromatic rings. The number of nitrogens with zero attached hydrogens (tertiary/aromatic N) is 1. The zero-order valence-electron chi connectivity index (χ0n) is 13.7. The fraction of sp³-hybridized carbons (Fsp3) is 0.667. The molecule has 2 saturated carbocycles. The van der Waals surface area contributed by atoms with Gasteiger partial charge in [0.15, 0.2) is 0 Å². The fourth-order valence-corrected chi connectivity index (χ4v) is 6.48. The van der Waals surface area contributed by atoms with Crippen LogP contribution >= 0.6 is 22.6 Å². The highest BCUT2D eigenvalue weighted by Gasteiger charge is 2.55. The van der Waals surface area contributed by atoms with Gasteiger partial charge in [-0.1, -0.05) is 6.92 Å². The van der Waals surface area contributed by atoms with Crippen LogP contribution in [0.4, 0.5) is 5.69 Å². The number of halogens is 1. The maximum absolute atomic E-state index is 11.7. The number of aromatic hydroxyl groups is 1. The molecular formula is C18H22INO4. The fourth-order valence-electron chi connectivity index (χ4n) is 5.84. The molecule has 130 valence electrons. The lowest BCUT2D eigenvalue weighted by molar-refractivity contribution is -0.387. The number of hydrogen-bond donors (Lipinski definition) is 2. The first kappa shape index (κ1) is 16.6. The van der Waals surface area contributed by atoms with Crippen LogP contribution in [0.5, 0.6) is 5.75 Å². The number of aryl methyl sites for hydroxylation is 1. The summed E-state index contributed by atoms with van der Waals surface area (Å²) in [4.78, 5) is 11.4. The number of fused-ring (bicyclic) bond motifs is 5. The van der Waals surface area contributed by atoms with Crippen LogP contribution in [0.2, 0.25) is 0 Å². The molecule has 3 aliphatic rings. The van der Waals surface area contributed by atoms with E-state index in [0.29, 0.717) is 15.4 Å². The van der Waals surface area contributed by atoms with Gasteiger partial charge in [0.2, 0.25) is 0 Å². The van der Waals surface area contributed by atoms with Crippen LogP contribution in [-0.4, -0.2) is 21.2 Å². The molecule has 0 spiro atoms. The molecule has 0 bridgehead atoms. The molecule has 0 unspecified atom stereocenters. The van der Waals surface area contributed by atoms with Crippen molar-refractivity contribution in [1.29, 1.82) is 0 Å². The molecule has 6 heteroatoms. The Balaban J connectivity index is 1.83. The summed E-state index contributed by atoms with van der Waals surface area (Å²) in [5, 5.41) is 32.2. The van der Waals surface area contributed by atoms with Crippen molar-refractivity contribution in [3.05, 3.63) is 30.9 Å². The number of benzene rings is 1. The molecule has 0 saturated heterocycles. The molecule has 3 aliphatic carbocycles. The Hall–Kier alpha value is -0.890. The molecule has 24 heavy (non-hydrogen) atoms. The molecule has 0 aromatic heterocycles. The molecule has 5 nitrogen and oxygen atoms in total. The molecule has 0 amide bonds. The van der Waals surface area contributed by atoms with E-state index in [-0.39, 0.29) is 33.8 Å². The number of hydrogen-bond acceptors (Lipinski definition) is 4. The highest BCUT2D eigenvalue weighted by molar-refractivity contribution is 14.1. The van der Waals surface area contributed by atoms with Crippen LogP contribution in [0.3, 0.4) is 0 Å². The van der Waals surface area contributed by atoms with Crippen molar-refractivity contribution in [2.45, 2.75) is 57.5 Å². The predicted octanol–water partition coefficient (Wildman–Crippen LogP) is 4.12. The minimum absolute atomic E-state index is 0.0245. The minimum Gasteiger partial charge on any atom is -0.507 e. The van der Waals surface area contributed by atoms with E-state index in [1.807, 2.05) is 22.6 Å². The molecule has 2 fully saturated rings. The second kappa shape index (κ2) is 5.56. The summed E-state index contributed by atoms with van der Waals surface area (Å²) in [7, 11) is 0. The smallest absolute Gasteiger partial charge is 0.290 e. The number of phenols is 1. The number of nitro benzene ring substituents is 1. The zero-order chi connectivity index (χ0) is 17.2. The lowest BCUT2D eigenvalue weighted by Gasteiger charge is -2.49. The van der Waals surface area contributed by atoms with Gasteiger partial charge in [-0.3, -0.25) is 10.1 Å². The molecule has 4 rings (SSSR count). The van der Waals surface area contributed by atoms with E-state index in [2.05, 4.69) is 6.92 Å². The predicted molar refractivity (Wildman–Crippen MR) is 98.1 cm³/mol. The van der Waals surface area contributed by atoms with E-state index >= 15 is 0 Å². The second-order valence-electron chi connectivity index (χ2n) is 7.94. The Morgan fingerprint density at radius 1 is 1.33 bits per heavy atom. The topological polar surface area (TPSA) is 83.6 Å². The Morgan fingerprint density at radius 2 is 2.08 bits per heavy atom. The molecule has 0 heterocycles. The van der Waals surface area contributed by atoms with Crippen molar-refractivity contribution in [1.82, 2.24) is 0 Å². The summed E-state index contributed by atoms with van der Waals surface area (Å²) in [6, 6.07) is 1.73. The minimum atomic E-state index is -0.319.